The first-order valence-corrected chi connectivity index (χ1v) is 7.54. The summed E-state index contributed by atoms with van der Waals surface area (Å²) in [5.41, 5.74) is -0.0877. The molecular formula is C15H19N3O6. The van der Waals surface area contributed by atoms with Gasteiger partial charge in [-0.25, -0.2) is 14.8 Å². The fraction of sp³-hybridized carbons (Fsp3) is 0.467. The number of hydrogen-bond donors (Lipinski definition) is 1. The lowest BCUT2D eigenvalue weighted by Gasteiger charge is -2.39. The van der Waals surface area contributed by atoms with Gasteiger partial charge in [0.25, 0.3) is 5.69 Å². The molecule has 1 aliphatic heterocycles. The molecule has 0 radical (unpaired) electrons. The van der Waals surface area contributed by atoms with Crippen LogP contribution in [0.4, 0.5) is 5.69 Å². The van der Waals surface area contributed by atoms with Crippen molar-refractivity contribution in [2.24, 2.45) is 0 Å². The summed E-state index contributed by atoms with van der Waals surface area (Å²) < 4.78 is 5.30. The number of ether oxygens (including phenoxy) is 1. The molecule has 0 aromatic heterocycles. The zero-order valence-corrected chi connectivity index (χ0v) is 13.3. The third-order valence-corrected chi connectivity index (χ3v) is 3.82. The van der Waals surface area contributed by atoms with Crippen LogP contribution in [0.5, 0.6) is 5.75 Å². The summed E-state index contributed by atoms with van der Waals surface area (Å²) in [6.07, 6.45) is 2.28. The van der Waals surface area contributed by atoms with E-state index in [1.807, 2.05) is 0 Å². The number of carbonyl (C=O) groups excluding carboxylic acids is 1. The Kier molecular flexibility index (Phi) is 5.83. The van der Waals surface area contributed by atoms with Gasteiger partial charge in [0, 0.05) is 25.7 Å². The van der Waals surface area contributed by atoms with Crippen LogP contribution in [0.25, 0.3) is 0 Å². The molecule has 2 rings (SSSR count). The maximum Gasteiger partial charge on any atom is 0.330 e. The van der Waals surface area contributed by atoms with Crippen LogP contribution >= 0.6 is 0 Å². The maximum atomic E-state index is 12.4. The van der Waals surface area contributed by atoms with Crippen molar-refractivity contribution in [2.75, 3.05) is 20.1 Å². The van der Waals surface area contributed by atoms with Gasteiger partial charge in [0.15, 0.2) is 0 Å². The summed E-state index contributed by atoms with van der Waals surface area (Å²) >= 11 is 0. The van der Waals surface area contributed by atoms with Gasteiger partial charge in [-0.2, -0.15) is 0 Å². The lowest BCUT2D eigenvalue weighted by Crippen LogP contribution is -2.54. The number of non-ortho nitro benzene ring substituents is 1. The van der Waals surface area contributed by atoms with Gasteiger partial charge in [-0.05, 0) is 31.4 Å². The summed E-state index contributed by atoms with van der Waals surface area (Å²) in [7, 11) is 1.62. The average Bonchev–Trinajstić information content (AvgIpc) is 2.54. The molecule has 0 saturated carbocycles. The third kappa shape index (κ3) is 4.49. The van der Waals surface area contributed by atoms with Crippen LogP contribution in [0.1, 0.15) is 19.3 Å². The highest BCUT2D eigenvalue weighted by Crippen LogP contribution is 2.22. The number of carbonyl (C=O) groups is 2. The summed E-state index contributed by atoms with van der Waals surface area (Å²) in [5.74, 6) is -1.26. The van der Waals surface area contributed by atoms with Crippen molar-refractivity contribution in [1.29, 1.82) is 0 Å². The second-order valence-electron chi connectivity index (χ2n) is 5.56. The minimum atomic E-state index is -0.981. The molecule has 1 heterocycles. The van der Waals surface area contributed by atoms with Gasteiger partial charge >= 0.3 is 11.9 Å². The number of rotatable bonds is 6. The molecule has 9 heteroatoms. The monoisotopic (exact) mass is 337 g/mol. The normalized spacial score (nSPS) is 18.3. The van der Waals surface area contributed by atoms with Crippen LogP contribution in [-0.4, -0.2) is 58.2 Å². The van der Waals surface area contributed by atoms with Crippen LogP contribution < -0.4 is 4.74 Å². The molecule has 1 fully saturated rings. The lowest BCUT2D eigenvalue weighted by atomic mass is 10.0. The van der Waals surface area contributed by atoms with Crippen LogP contribution in [0.3, 0.4) is 0 Å². The van der Waals surface area contributed by atoms with Crippen LogP contribution in [0.2, 0.25) is 0 Å². The van der Waals surface area contributed by atoms with Gasteiger partial charge in [0.1, 0.15) is 18.3 Å². The van der Waals surface area contributed by atoms with E-state index in [0.29, 0.717) is 13.0 Å². The minimum absolute atomic E-state index is 0.0877. The van der Waals surface area contributed by atoms with E-state index in [2.05, 4.69) is 0 Å². The number of aliphatic carboxylic acids is 1. The van der Waals surface area contributed by atoms with Crippen molar-refractivity contribution in [3.63, 3.8) is 0 Å². The Morgan fingerprint density at radius 2 is 2.04 bits per heavy atom. The molecule has 1 unspecified atom stereocenters. The average molecular weight is 337 g/mol. The van der Waals surface area contributed by atoms with Crippen LogP contribution in [0.15, 0.2) is 24.3 Å². The molecule has 130 valence electrons. The smallest absolute Gasteiger partial charge is 0.330 e. The highest BCUT2D eigenvalue weighted by molar-refractivity contribution is 5.78. The Hall–Kier alpha value is -2.52. The number of nitrogens with zero attached hydrogens (tertiary/aromatic N) is 3. The molecule has 1 atom stereocenters. The number of nitro benzene ring substituents is 1. The second-order valence-corrected chi connectivity index (χ2v) is 5.56. The highest BCUT2D eigenvalue weighted by Gasteiger charge is 2.33. The lowest BCUT2D eigenvalue weighted by molar-refractivity contribution is -0.384. The summed E-state index contributed by atoms with van der Waals surface area (Å²) in [6, 6.07) is 4.68. The fourth-order valence-corrected chi connectivity index (χ4v) is 2.67. The largest absolute Gasteiger partial charge is 0.480 e. The Morgan fingerprint density at radius 3 is 2.62 bits per heavy atom. The van der Waals surface area contributed by atoms with E-state index in [1.54, 1.807) is 12.1 Å². The number of piperidine rings is 1. The van der Waals surface area contributed by atoms with Crippen molar-refractivity contribution in [1.82, 2.24) is 10.0 Å². The number of carboxylic acid groups (broad SMARTS) is 1. The second kappa shape index (κ2) is 7.84. The Labute approximate surface area is 138 Å². The molecule has 1 saturated heterocycles. The van der Waals surface area contributed by atoms with Crippen LogP contribution in [-0.2, 0) is 9.59 Å². The quantitative estimate of drug-likeness (QED) is 0.357. The van der Waals surface area contributed by atoms with E-state index >= 15 is 0 Å². The number of esters is 1. The molecule has 0 aliphatic carbocycles. The molecule has 9 nitrogen and oxygen atoms in total. The van der Waals surface area contributed by atoms with E-state index in [-0.39, 0.29) is 18.0 Å². The first kappa shape index (κ1) is 17.8. The molecule has 0 bridgehead atoms. The van der Waals surface area contributed by atoms with E-state index in [4.69, 9.17) is 9.84 Å². The summed E-state index contributed by atoms with van der Waals surface area (Å²) in [6.45, 7) is 0.366. The maximum absolute atomic E-state index is 12.4. The van der Waals surface area contributed by atoms with Crippen molar-refractivity contribution >= 4 is 17.6 Å². The summed E-state index contributed by atoms with van der Waals surface area (Å²) in [4.78, 5) is 33.4. The number of carboxylic acids is 1. The third-order valence-electron chi connectivity index (χ3n) is 3.82. The van der Waals surface area contributed by atoms with Gasteiger partial charge in [-0.3, -0.25) is 14.9 Å². The summed E-state index contributed by atoms with van der Waals surface area (Å²) in [5, 5.41) is 22.7. The molecule has 0 spiro atoms. The molecule has 1 aromatic rings. The fourth-order valence-electron chi connectivity index (χ4n) is 2.67. The van der Waals surface area contributed by atoms with E-state index in [0.717, 1.165) is 12.8 Å². The van der Waals surface area contributed by atoms with Gasteiger partial charge in [-0.1, -0.05) is 0 Å². The zero-order chi connectivity index (χ0) is 17.7. The highest BCUT2D eigenvalue weighted by atomic mass is 16.6. The topological polar surface area (TPSA) is 113 Å². The first-order valence-electron chi connectivity index (χ1n) is 7.54. The molecule has 24 heavy (non-hydrogen) atoms. The van der Waals surface area contributed by atoms with Crippen molar-refractivity contribution in [2.45, 2.75) is 25.3 Å². The zero-order valence-electron chi connectivity index (χ0n) is 13.3. The van der Waals surface area contributed by atoms with Crippen LogP contribution in [0, 0.1) is 10.1 Å². The standard InChI is InChI=1S/C15H19N3O6/c1-16(10-14(19)20)17-9-3-2-4-13(17)15(21)24-12-7-5-11(6-8-12)18(22)23/h5-8,13H,2-4,9-10H2,1H3,(H,19,20). The predicted molar refractivity (Wildman–Crippen MR) is 83.3 cm³/mol. The van der Waals surface area contributed by atoms with Crippen molar-refractivity contribution < 1.29 is 24.4 Å². The SMILES string of the molecule is CN(CC(=O)O)N1CCCCC1C(=O)Oc1ccc([N+](=O)[O-])cc1. The van der Waals surface area contributed by atoms with Gasteiger partial charge in [-0.15, -0.1) is 0 Å². The van der Waals surface area contributed by atoms with E-state index in [9.17, 15) is 19.7 Å². The molecule has 1 N–H and O–H groups in total. The minimum Gasteiger partial charge on any atom is -0.480 e. The van der Waals surface area contributed by atoms with Crippen molar-refractivity contribution in [3.05, 3.63) is 34.4 Å². The molecule has 1 aliphatic rings. The Bertz CT molecular complexity index is 618. The Balaban J connectivity index is 2.05. The van der Waals surface area contributed by atoms with E-state index < -0.39 is 22.9 Å². The Morgan fingerprint density at radius 1 is 1.38 bits per heavy atom. The van der Waals surface area contributed by atoms with Gasteiger partial charge < -0.3 is 9.84 Å². The van der Waals surface area contributed by atoms with E-state index in [1.165, 1.54) is 29.3 Å². The first-order chi connectivity index (χ1) is 11.4. The number of nitro groups is 1. The van der Waals surface area contributed by atoms with Gasteiger partial charge in [0.2, 0.25) is 0 Å². The predicted octanol–water partition coefficient (Wildman–Crippen LogP) is 1.29. The number of hydrazine groups is 1. The van der Waals surface area contributed by atoms with Gasteiger partial charge in [0.05, 0.1) is 4.92 Å². The molecule has 0 amide bonds. The molecular weight excluding hydrogens is 318 g/mol. The number of likely N-dealkylation sites (N-methyl/N-ethyl adjacent to an activating group) is 1. The molecule has 1 aromatic carbocycles. The van der Waals surface area contributed by atoms with Crippen molar-refractivity contribution in [3.8, 4) is 5.75 Å². The number of hydrogen-bond acceptors (Lipinski definition) is 7. The number of benzene rings is 1.